The summed E-state index contributed by atoms with van der Waals surface area (Å²) in [5.74, 6) is 0.283. The number of nitrogens with zero attached hydrogens (tertiary/aromatic N) is 1. The zero-order valence-corrected chi connectivity index (χ0v) is 19.0. The van der Waals surface area contributed by atoms with Crippen LogP contribution in [0.1, 0.15) is 13.8 Å². The second-order valence-electron chi connectivity index (χ2n) is 7.59. The Morgan fingerprint density at radius 2 is 1.73 bits per heavy atom. The summed E-state index contributed by atoms with van der Waals surface area (Å²) in [5, 5.41) is 2.33. The first-order chi connectivity index (χ1) is 15.9. The lowest BCUT2D eigenvalue weighted by atomic mass is 10.0. The molecule has 0 bridgehead atoms. The molecule has 2 aromatic carbocycles. The highest BCUT2D eigenvalue weighted by atomic mass is 32.2. The van der Waals surface area contributed by atoms with Crippen molar-refractivity contribution in [2.24, 2.45) is 0 Å². The maximum absolute atomic E-state index is 12.9. The Labute approximate surface area is 195 Å². The van der Waals surface area contributed by atoms with E-state index in [4.69, 9.17) is 14.2 Å². The molecule has 172 valence electrons. The molecular weight excluding hydrogens is 444 g/mol. The van der Waals surface area contributed by atoms with E-state index in [0.717, 1.165) is 5.57 Å². The van der Waals surface area contributed by atoms with Crippen LogP contribution in [-0.4, -0.2) is 52.7 Å². The third kappa shape index (κ3) is 5.14. The smallest absolute Gasteiger partial charge is 0.358 e. The van der Waals surface area contributed by atoms with Gasteiger partial charge in [-0.15, -0.1) is 11.8 Å². The lowest BCUT2D eigenvalue weighted by Crippen LogP contribution is -2.70. The fourth-order valence-electron chi connectivity index (χ4n) is 3.56. The highest BCUT2D eigenvalue weighted by Crippen LogP contribution is 2.40. The van der Waals surface area contributed by atoms with Crippen molar-refractivity contribution in [1.82, 2.24) is 10.2 Å². The number of esters is 1. The number of carbonyl (C=O) groups excluding carboxylic acids is 3. The monoisotopic (exact) mass is 468 g/mol. The highest BCUT2D eigenvalue weighted by Gasteiger charge is 2.54. The van der Waals surface area contributed by atoms with E-state index >= 15 is 0 Å². The third-order valence-corrected chi connectivity index (χ3v) is 6.52. The summed E-state index contributed by atoms with van der Waals surface area (Å²) in [5.41, 5.74) is 0.942. The molecule has 0 radical (unpaired) electrons. The normalized spacial score (nSPS) is 20.3. The first kappa shape index (κ1) is 22.7. The second kappa shape index (κ2) is 9.99. The Bertz CT molecular complexity index is 1060. The molecule has 2 amide bonds. The van der Waals surface area contributed by atoms with Crippen molar-refractivity contribution in [2.45, 2.75) is 31.6 Å². The summed E-state index contributed by atoms with van der Waals surface area (Å²) < 4.78 is 16.5. The molecule has 2 heterocycles. The molecule has 0 aliphatic carbocycles. The van der Waals surface area contributed by atoms with Crippen LogP contribution in [0.2, 0.25) is 0 Å². The van der Waals surface area contributed by atoms with Gasteiger partial charge in [-0.3, -0.25) is 14.5 Å². The molecule has 9 heteroatoms. The fraction of sp³-hybridized carbons (Fsp3) is 0.292. The zero-order valence-electron chi connectivity index (χ0n) is 18.2. The predicted molar refractivity (Wildman–Crippen MR) is 122 cm³/mol. The summed E-state index contributed by atoms with van der Waals surface area (Å²) in [6, 6.07) is 17.2. The number of amides is 2. The van der Waals surface area contributed by atoms with Crippen molar-refractivity contribution >= 4 is 29.5 Å². The highest BCUT2D eigenvalue weighted by molar-refractivity contribution is 8.00. The average molecular weight is 469 g/mol. The molecule has 1 fully saturated rings. The molecular formula is C24H24N2O6S. The summed E-state index contributed by atoms with van der Waals surface area (Å²) in [4.78, 5) is 39.4. The number of carbonyl (C=O) groups is 3. The SMILES string of the molecule is CC1=C(C(=O)OC(C)Oc2ccccc2)N2C(=O)C(NC(=O)COc3ccccc3)[C@H]2SC1. The van der Waals surface area contributed by atoms with Crippen LogP contribution in [0.5, 0.6) is 11.5 Å². The topological polar surface area (TPSA) is 94.2 Å². The number of β-lactam (4-membered cyclic amide) rings is 1. The third-order valence-electron chi connectivity index (χ3n) is 5.10. The molecule has 33 heavy (non-hydrogen) atoms. The Morgan fingerprint density at radius 3 is 2.39 bits per heavy atom. The number of hydrogen-bond donors (Lipinski definition) is 1. The summed E-state index contributed by atoms with van der Waals surface area (Å²) in [6.07, 6.45) is -0.838. The average Bonchev–Trinajstić information content (AvgIpc) is 2.82. The van der Waals surface area contributed by atoms with Gasteiger partial charge in [0, 0.05) is 12.7 Å². The number of benzene rings is 2. The van der Waals surface area contributed by atoms with E-state index in [1.807, 2.05) is 24.3 Å². The molecule has 0 aromatic heterocycles. The molecule has 1 N–H and O–H groups in total. The van der Waals surface area contributed by atoms with E-state index in [-0.39, 0.29) is 23.6 Å². The summed E-state index contributed by atoms with van der Waals surface area (Å²) >= 11 is 1.48. The van der Waals surface area contributed by atoms with Crippen molar-refractivity contribution < 1.29 is 28.6 Å². The van der Waals surface area contributed by atoms with Crippen LogP contribution in [0.4, 0.5) is 0 Å². The summed E-state index contributed by atoms with van der Waals surface area (Å²) in [6.45, 7) is 3.20. The van der Waals surface area contributed by atoms with Gasteiger partial charge in [-0.05, 0) is 36.8 Å². The molecule has 2 aliphatic heterocycles. The van der Waals surface area contributed by atoms with E-state index in [2.05, 4.69) is 5.32 Å². The number of fused-ring (bicyclic) bond motifs is 1. The quantitative estimate of drug-likeness (QED) is 0.362. The van der Waals surface area contributed by atoms with Crippen molar-refractivity contribution in [3.05, 3.63) is 71.9 Å². The van der Waals surface area contributed by atoms with Gasteiger partial charge in [-0.1, -0.05) is 36.4 Å². The van der Waals surface area contributed by atoms with E-state index in [1.165, 1.54) is 16.7 Å². The van der Waals surface area contributed by atoms with Crippen molar-refractivity contribution in [1.29, 1.82) is 0 Å². The molecule has 8 nitrogen and oxygen atoms in total. The molecule has 2 aliphatic rings. The van der Waals surface area contributed by atoms with Crippen molar-refractivity contribution in [3.8, 4) is 11.5 Å². The molecule has 0 saturated carbocycles. The first-order valence-electron chi connectivity index (χ1n) is 10.5. The molecule has 3 atom stereocenters. The van der Waals surface area contributed by atoms with Gasteiger partial charge in [-0.2, -0.15) is 0 Å². The maximum atomic E-state index is 12.9. The Morgan fingerprint density at radius 1 is 1.09 bits per heavy atom. The number of para-hydroxylation sites is 2. The Balaban J connectivity index is 1.34. The van der Waals surface area contributed by atoms with Gasteiger partial charge in [0.05, 0.1) is 0 Å². The number of hydrogen-bond acceptors (Lipinski definition) is 7. The van der Waals surface area contributed by atoms with Gasteiger partial charge >= 0.3 is 5.97 Å². The van der Waals surface area contributed by atoms with E-state index < -0.39 is 24.2 Å². The first-order valence-corrected chi connectivity index (χ1v) is 11.5. The van der Waals surface area contributed by atoms with Crippen LogP contribution in [0.15, 0.2) is 71.9 Å². The molecule has 0 spiro atoms. The van der Waals surface area contributed by atoms with E-state index in [0.29, 0.717) is 17.3 Å². The van der Waals surface area contributed by atoms with Crippen LogP contribution in [0.3, 0.4) is 0 Å². The molecule has 2 unspecified atom stereocenters. The largest absolute Gasteiger partial charge is 0.484 e. The molecule has 2 aromatic rings. The Kier molecular flexibility index (Phi) is 6.88. The lowest BCUT2D eigenvalue weighted by molar-refractivity contribution is -0.163. The van der Waals surface area contributed by atoms with Gasteiger partial charge in [-0.25, -0.2) is 4.79 Å². The van der Waals surface area contributed by atoms with Crippen molar-refractivity contribution in [3.63, 3.8) is 0 Å². The van der Waals surface area contributed by atoms with Crippen LogP contribution < -0.4 is 14.8 Å². The minimum Gasteiger partial charge on any atom is -0.484 e. The van der Waals surface area contributed by atoms with Gasteiger partial charge in [0.25, 0.3) is 11.8 Å². The molecule has 4 rings (SSSR count). The fourth-order valence-corrected chi connectivity index (χ4v) is 4.86. The van der Waals surface area contributed by atoms with Gasteiger partial charge < -0.3 is 19.5 Å². The standard InChI is InChI=1S/C24H24N2O6S/c1-15-14-33-23-20(25-19(27)13-30-17-9-5-3-6-10-17)22(28)26(23)21(15)24(29)32-16(2)31-18-11-7-4-8-12-18/h3-12,16,20,23H,13-14H2,1-2H3,(H,25,27)/t16?,20?,23-/m1/s1. The number of rotatable bonds is 8. The van der Waals surface area contributed by atoms with Gasteiger partial charge in [0.15, 0.2) is 6.61 Å². The van der Waals surface area contributed by atoms with Crippen LogP contribution in [-0.2, 0) is 19.1 Å². The Hall–Kier alpha value is -3.46. The van der Waals surface area contributed by atoms with E-state index in [1.54, 1.807) is 50.2 Å². The second-order valence-corrected chi connectivity index (χ2v) is 8.69. The van der Waals surface area contributed by atoms with Gasteiger partial charge in [0.1, 0.15) is 28.6 Å². The lowest BCUT2D eigenvalue weighted by Gasteiger charge is -2.49. The van der Waals surface area contributed by atoms with E-state index in [9.17, 15) is 14.4 Å². The number of ether oxygens (including phenoxy) is 3. The van der Waals surface area contributed by atoms with Crippen LogP contribution in [0.25, 0.3) is 0 Å². The predicted octanol–water partition coefficient (Wildman–Crippen LogP) is 2.71. The minimum atomic E-state index is -0.838. The van der Waals surface area contributed by atoms with Crippen LogP contribution in [0, 0.1) is 0 Å². The maximum Gasteiger partial charge on any atom is 0.358 e. The van der Waals surface area contributed by atoms with Crippen molar-refractivity contribution in [2.75, 3.05) is 12.4 Å². The zero-order chi connectivity index (χ0) is 23.4. The molecule has 1 saturated heterocycles. The summed E-state index contributed by atoms with van der Waals surface area (Å²) in [7, 11) is 0. The minimum absolute atomic E-state index is 0.205. The van der Waals surface area contributed by atoms with Crippen LogP contribution >= 0.6 is 11.8 Å². The number of thioether (sulfide) groups is 1. The number of nitrogens with one attached hydrogen (secondary N) is 1. The van der Waals surface area contributed by atoms with Gasteiger partial charge in [0.2, 0.25) is 6.29 Å².